The van der Waals surface area contributed by atoms with E-state index in [0.717, 1.165) is 28.1 Å². The lowest BCUT2D eigenvalue weighted by molar-refractivity contribution is -0.113. The highest BCUT2D eigenvalue weighted by Crippen LogP contribution is 2.37. The summed E-state index contributed by atoms with van der Waals surface area (Å²) < 4.78 is 6.60. The number of allylic oxidation sites excluding steroid dienone is 1. The number of ether oxygens (including phenoxy) is 1. The number of thioether (sulfide) groups is 1. The average molecular weight is 540 g/mol. The van der Waals surface area contributed by atoms with E-state index < -0.39 is 12.0 Å². The van der Waals surface area contributed by atoms with Gasteiger partial charge in [-0.15, -0.1) is 5.10 Å². The first-order valence-corrected chi connectivity index (χ1v) is 13.5. The first-order chi connectivity index (χ1) is 18.9. The van der Waals surface area contributed by atoms with E-state index in [1.54, 1.807) is 16.8 Å². The van der Waals surface area contributed by atoms with Gasteiger partial charge >= 0.3 is 5.97 Å². The molecule has 0 radical (unpaired) electrons. The highest BCUT2D eigenvalue weighted by molar-refractivity contribution is 7.98. The van der Waals surface area contributed by atoms with Crippen LogP contribution in [0.3, 0.4) is 0 Å². The molecule has 4 aromatic rings. The number of esters is 1. The zero-order valence-electron chi connectivity index (χ0n) is 22.2. The van der Waals surface area contributed by atoms with Gasteiger partial charge in [0.2, 0.25) is 11.1 Å². The number of fused-ring (bicyclic) bond motifs is 1. The zero-order valence-corrected chi connectivity index (χ0v) is 23.0. The number of hydrogen-bond donors (Lipinski definition) is 2. The number of carbonyl (C=O) groups is 2. The van der Waals surface area contributed by atoms with Crippen molar-refractivity contribution in [3.05, 3.63) is 112 Å². The maximum absolute atomic E-state index is 13.8. The van der Waals surface area contributed by atoms with Gasteiger partial charge in [0.05, 0.1) is 18.2 Å². The fraction of sp³-hybridized carbons (Fsp3) is 0.200. The highest BCUT2D eigenvalue weighted by Gasteiger charge is 2.34. The normalized spacial score (nSPS) is 14.4. The lowest BCUT2D eigenvalue weighted by Gasteiger charge is -2.29. The Morgan fingerprint density at radius 3 is 2.46 bits per heavy atom. The number of hydrogen-bond acceptors (Lipinski definition) is 7. The lowest BCUT2D eigenvalue weighted by atomic mass is 9.94. The quantitative estimate of drug-likeness (QED) is 0.223. The molecule has 9 heteroatoms. The van der Waals surface area contributed by atoms with E-state index in [1.165, 1.54) is 24.4 Å². The van der Waals surface area contributed by atoms with Gasteiger partial charge in [-0.25, -0.2) is 9.48 Å². The molecule has 1 atom stereocenters. The maximum atomic E-state index is 13.8. The Morgan fingerprint density at radius 1 is 1.00 bits per heavy atom. The fourth-order valence-corrected chi connectivity index (χ4v) is 5.30. The van der Waals surface area contributed by atoms with Crippen molar-refractivity contribution >= 4 is 35.3 Å². The van der Waals surface area contributed by atoms with Crippen molar-refractivity contribution in [3.63, 3.8) is 0 Å². The summed E-state index contributed by atoms with van der Waals surface area (Å²) in [7, 11) is 1.35. The molecule has 8 nitrogen and oxygen atoms in total. The summed E-state index contributed by atoms with van der Waals surface area (Å²) in [5.41, 5.74) is 6.43. The number of nitrogens with one attached hydrogen (secondary N) is 2. The topological polar surface area (TPSA) is 98.1 Å². The third-order valence-electron chi connectivity index (χ3n) is 6.79. The van der Waals surface area contributed by atoms with Gasteiger partial charge in [-0.1, -0.05) is 66.4 Å². The molecular formula is C30H29N5O3S. The molecule has 0 fully saturated rings. The van der Waals surface area contributed by atoms with Gasteiger partial charge in [-0.05, 0) is 61.2 Å². The van der Waals surface area contributed by atoms with E-state index in [4.69, 9.17) is 14.8 Å². The number of aromatic nitrogens is 3. The zero-order chi connectivity index (χ0) is 27.5. The van der Waals surface area contributed by atoms with Gasteiger partial charge in [-0.2, -0.15) is 4.98 Å². The van der Waals surface area contributed by atoms with Gasteiger partial charge in [0.15, 0.2) is 0 Å². The monoisotopic (exact) mass is 539 g/mol. The van der Waals surface area contributed by atoms with Crippen molar-refractivity contribution < 1.29 is 14.3 Å². The average Bonchev–Trinajstić information content (AvgIpc) is 3.36. The smallest absolute Gasteiger partial charge is 0.337 e. The van der Waals surface area contributed by atoms with Crippen LogP contribution < -0.4 is 10.6 Å². The second kappa shape index (κ2) is 11.2. The molecule has 1 aliphatic heterocycles. The SMILES string of the molecule is COC(=O)c1ccc(C2C(C(=O)Nc3cccc(C)c3C)=C(C)Nc3nc(SCc4ccccc4)nn32)cc1. The first-order valence-electron chi connectivity index (χ1n) is 12.5. The summed E-state index contributed by atoms with van der Waals surface area (Å²) >= 11 is 1.53. The van der Waals surface area contributed by atoms with Gasteiger partial charge < -0.3 is 15.4 Å². The molecule has 39 heavy (non-hydrogen) atoms. The van der Waals surface area contributed by atoms with Gasteiger partial charge in [0, 0.05) is 17.1 Å². The van der Waals surface area contributed by atoms with E-state index >= 15 is 0 Å². The van der Waals surface area contributed by atoms with Crippen molar-refractivity contribution in [3.8, 4) is 0 Å². The molecule has 1 amide bonds. The number of anilines is 2. The minimum Gasteiger partial charge on any atom is -0.465 e. The maximum Gasteiger partial charge on any atom is 0.337 e. The Kier molecular flexibility index (Phi) is 7.51. The molecule has 0 saturated carbocycles. The van der Waals surface area contributed by atoms with Crippen molar-refractivity contribution in [1.29, 1.82) is 0 Å². The summed E-state index contributed by atoms with van der Waals surface area (Å²) in [5.74, 6) is 0.603. The predicted octanol–water partition coefficient (Wildman–Crippen LogP) is 5.90. The van der Waals surface area contributed by atoms with Crippen LogP contribution in [-0.4, -0.2) is 33.8 Å². The largest absolute Gasteiger partial charge is 0.465 e. The van der Waals surface area contributed by atoms with Gasteiger partial charge in [-0.3, -0.25) is 4.79 Å². The molecule has 2 heterocycles. The highest BCUT2D eigenvalue weighted by atomic mass is 32.2. The second-order valence-corrected chi connectivity index (χ2v) is 10.3. The number of nitrogens with zero attached hydrogens (tertiary/aromatic N) is 3. The third-order valence-corrected chi connectivity index (χ3v) is 7.70. The molecule has 1 aliphatic rings. The summed E-state index contributed by atoms with van der Waals surface area (Å²) in [6, 6.07) is 22.4. The third kappa shape index (κ3) is 5.44. The fourth-order valence-electron chi connectivity index (χ4n) is 4.51. The number of rotatable bonds is 7. The molecule has 3 aromatic carbocycles. The number of carbonyl (C=O) groups excluding carboxylic acids is 2. The number of amides is 1. The Balaban J connectivity index is 1.52. The number of benzene rings is 3. The molecule has 1 unspecified atom stereocenters. The Hall–Kier alpha value is -4.37. The molecule has 0 saturated heterocycles. The summed E-state index contributed by atoms with van der Waals surface area (Å²) in [6.45, 7) is 5.86. The van der Waals surface area contributed by atoms with Gasteiger partial charge in [0.25, 0.3) is 5.91 Å². The van der Waals surface area contributed by atoms with Crippen molar-refractivity contribution in [2.75, 3.05) is 17.7 Å². The Bertz CT molecular complexity index is 1560. The van der Waals surface area contributed by atoms with Crippen molar-refractivity contribution in [2.45, 2.75) is 37.7 Å². The molecule has 2 N–H and O–H groups in total. The summed E-state index contributed by atoms with van der Waals surface area (Å²) in [6.07, 6.45) is 0. The second-order valence-electron chi connectivity index (χ2n) is 9.32. The van der Waals surface area contributed by atoms with E-state index in [1.807, 2.05) is 69.3 Å². The molecular weight excluding hydrogens is 510 g/mol. The molecule has 1 aromatic heterocycles. The minimum absolute atomic E-state index is 0.240. The summed E-state index contributed by atoms with van der Waals surface area (Å²) in [4.78, 5) is 30.6. The minimum atomic E-state index is -0.559. The lowest BCUT2D eigenvalue weighted by Crippen LogP contribution is -2.31. The molecule has 5 rings (SSSR count). The number of methoxy groups -OCH3 is 1. The summed E-state index contributed by atoms with van der Waals surface area (Å²) in [5, 5.41) is 11.8. The molecule has 198 valence electrons. The van der Waals surface area contributed by atoms with E-state index in [9.17, 15) is 9.59 Å². The van der Waals surface area contributed by atoms with Crippen LogP contribution in [0.1, 0.15) is 45.6 Å². The molecule has 0 bridgehead atoms. The van der Waals surface area contributed by atoms with Crippen molar-refractivity contribution in [2.24, 2.45) is 0 Å². The van der Waals surface area contributed by atoms with Crippen LogP contribution in [0.5, 0.6) is 0 Å². The van der Waals surface area contributed by atoms with Crippen LogP contribution >= 0.6 is 11.8 Å². The Labute approximate surface area is 231 Å². The number of aryl methyl sites for hydroxylation is 1. The van der Waals surface area contributed by atoms with Crippen LogP contribution in [0.15, 0.2) is 89.2 Å². The van der Waals surface area contributed by atoms with E-state index in [2.05, 4.69) is 22.8 Å². The molecule has 0 aliphatic carbocycles. The van der Waals surface area contributed by atoms with Crippen LogP contribution in [0.25, 0.3) is 0 Å². The Morgan fingerprint density at radius 2 is 1.74 bits per heavy atom. The van der Waals surface area contributed by atoms with Crippen LogP contribution in [0.2, 0.25) is 0 Å². The van der Waals surface area contributed by atoms with Crippen LogP contribution in [0, 0.1) is 13.8 Å². The van der Waals surface area contributed by atoms with Gasteiger partial charge in [0.1, 0.15) is 6.04 Å². The van der Waals surface area contributed by atoms with Crippen LogP contribution in [0.4, 0.5) is 11.6 Å². The standard InChI is InChI=1S/C30H29N5O3S/c1-18-9-8-12-24(19(18)2)32-27(36)25-20(3)31-29-33-30(39-17-21-10-6-5-7-11-21)34-35(29)26(25)22-13-15-23(16-14-22)28(37)38-4/h5-16,26H,17H2,1-4H3,(H,32,36)(H,31,33,34). The first kappa shape index (κ1) is 26.2. The molecule has 0 spiro atoms. The predicted molar refractivity (Wildman–Crippen MR) is 153 cm³/mol. The van der Waals surface area contributed by atoms with E-state index in [0.29, 0.717) is 27.9 Å². The van der Waals surface area contributed by atoms with Crippen LogP contribution in [-0.2, 0) is 15.3 Å². The van der Waals surface area contributed by atoms with Crippen molar-refractivity contribution in [1.82, 2.24) is 14.8 Å². The van der Waals surface area contributed by atoms with E-state index in [-0.39, 0.29) is 5.91 Å².